The summed E-state index contributed by atoms with van der Waals surface area (Å²) in [5.41, 5.74) is 1.71. The molecule has 0 aromatic heterocycles. The number of amides is 2. The summed E-state index contributed by atoms with van der Waals surface area (Å²) in [6.07, 6.45) is 6.91. The van der Waals surface area contributed by atoms with Crippen molar-refractivity contribution in [2.45, 2.75) is 51.0 Å². The highest BCUT2D eigenvalue weighted by Crippen LogP contribution is 2.28. The highest BCUT2D eigenvalue weighted by atomic mass is 16.6. The summed E-state index contributed by atoms with van der Waals surface area (Å²) in [7, 11) is 0. The lowest BCUT2D eigenvalue weighted by molar-refractivity contribution is -0.384. The molecule has 0 bridgehead atoms. The van der Waals surface area contributed by atoms with Crippen LogP contribution in [-0.2, 0) is 11.2 Å². The van der Waals surface area contributed by atoms with Gasteiger partial charge in [-0.3, -0.25) is 19.7 Å². The van der Waals surface area contributed by atoms with Crippen LogP contribution in [0.1, 0.15) is 54.4 Å². The number of carbonyl (C=O) groups is 2. The fraction of sp³-hybridized carbons (Fsp3) is 0.533. The molecule has 0 saturated carbocycles. The summed E-state index contributed by atoms with van der Waals surface area (Å²) in [5, 5.41) is 11.1. The van der Waals surface area contributed by atoms with Gasteiger partial charge in [-0.2, -0.15) is 0 Å². The van der Waals surface area contributed by atoms with Crippen molar-refractivity contribution in [1.82, 2.24) is 14.7 Å². The number of hydrogen-bond acceptors (Lipinski definition) is 5. The van der Waals surface area contributed by atoms with Gasteiger partial charge in [-0.25, -0.2) is 0 Å². The van der Waals surface area contributed by atoms with Gasteiger partial charge in [0.15, 0.2) is 0 Å². The van der Waals surface area contributed by atoms with E-state index in [0.717, 1.165) is 71.1 Å². The average molecular weight is 519 g/mol. The van der Waals surface area contributed by atoms with Crippen molar-refractivity contribution in [3.63, 3.8) is 0 Å². The summed E-state index contributed by atoms with van der Waals surface area (Å²) >= 11 is 0. The van der Waals surface area contributed by atoms with Gasteiger partial charge in [-0.15, -0.1) is 0 Å². The second kappa shape index (κ2) is 12.1. The summed E-state index contributed by atoms with van der Waals surface area (Å²) in [6.45, 7) is 4.95. The van der Waals surface area contributed by atoms with Crippen molar-refractivity contribution in [3.05, 3.63) is 75.8 Å². The number of benzene rings is 2. The summed E-state index contributed by atoms with van der Waals surface area (Å²) in [4.78, 5) is 43.1. The third kappa shape index (κ3) is 6.23. The molecule has 202 valence electrons. The molecular weight excluding hydrogens is 480 g/mol. The van der Waals surface area contributed by atoms with Crippen LogP contribution in [0, 0.1) is 22.0 Å². The number of nitro benzene ring substituents is 1. The van der Waals surface area contributed by atoms with Gasteiger partial charge in [0, 0.05) is 55.8 Å². The van der Waals surface area contributed by atoms with E-state index in [1.165, 1.54) is 17.7 Å². The number of nitrogens with zero attached hydrogens (tertiary/aromatic N) is 4. The van der Waals surface area contributed by atoms with Crippen LogP contribution >= 0.6 is 0 Å². The van der Waals surface area contributed by atoms with Crippen molar-refractivity contribution < 1.29 is 14.5 Å². The van der Waals surface area contributed by atoms with Crippen LogP contribution in [0.25, 0.3) is 0 Å². The molecule has 0 atom stereocenters. The Balaban J connectivity index is 1.04. The van der Waals surface area contributed by atoms with Crippen LogP contribution in [0.15, 0.2) is 54.6 Å². The lowest BCUT2D eigenvalue weighted by Gasteiger charge is -2.42. The van der Waals surface area contributed by atoms with Crippen LogP contribution in [0.4, 0.5) is 5.69 Å². The van der Waals surface area contributed by atoms with E-state index >= 15 is 0 Å². The number of rotatable bonds is 6. The molecule has 8 nitrogen and oxygen atoms in total. The molecule has 3 heterocycles. The topological polar surface area (TPSA) is 87.0 Å². The molecule has 3 aliphatic heterocycles. The molecule has 0 aliphatic carbocycles. The van der Waals surface area contributed by atoms with Crippen LogP contribution in [0.3, 0.4) is 0 Å². The largest absolute Gasteiger partial charge is 0.342 e. The molecule has 0 radical (unpaired) electrons. The lowest BCUT2D eigenvalue weighted by atomic mass is 9.88. The molecule has 2 aromatic rings. The highest BCUT2D eigenvalue weighted by Gasteiger charge is 2.34. The fourth-order valence-electron chi connectivity index (χ4n) is 6.44. The highest BCUT2D eigenvalue weighted by molar-refractivity contribution is 5.94. The summed E-state index contributed by atoms with van der Waals surface area (Å²) < 4.78 is 0. The third-order valence-electron chi connectivity index (χ3n) is 8.74. The Morgan fingerprint density at radius 1 is 0.789 bits per heavy atom. The molecule has 3 saturated heterocycles. The third-order valence-corrected chi connectivity index (χ3v) is 8.74. The zero-order chi connectivity index (χ0) is 26.5. The van der Waals surface area contributed by atoms with Crippen LogP contribution < -0.4 is 0 Å². The van der Waals surface area contributed by atoms with Crippen LogP contribution in [-0.4, -0.2) is 76.7 Å². The minimum Gasteiger partial charge on any atom is -0.342 e. The molecule has 8 heteroatoms. The molecule has 38 heavy (non-hydrogen) atoms. The smallest absolute Gasteiger partial charge is 0.270 e. The maximum absolute atomic E-state index is 13.2. The molecule has 0 unspecified atom stereocenters. The summed E-state index contributed by atoms with van der Waals surface area (Å²) in [5.74, 6) is 1.01. The first kappa shape index (κ1) is 26.4. The van der Waals surface area contributed by atoms with E-state index in [2.05, 4.69) is 40.1 Å². The van der Waals surface area contributed by atoms with Gasteiger partial charge in [0.1, 0.15) is 0 Å². The standard InChI is InChI=1S/C30H38N4O4/c35-29(32-15-9-24(10-16-32)21-23-5-2-1-3-6-23)25-11-17-31(18-12-25)27-13-19-33(20-14-27)30(36)26-7-4-8-28(22-26)34(37)38/h1-8,22,24-25,27H,9-21H2. The van der Waals surface area contributed by atoms with E-state index in [1.54, 1.807) is 12.1 Å². The van der Waals surface area contributed by atoms with Crippen LogP contribution in [0.5, 0.6) is 0 Å². The van der Waals surface area contributed by atoms with Gasteiger partial charge < -0.3 is 14.7 Å². The Bertz CT molecular complexity index is 1120. The SMILES string of the molecule is O=C(c1cccc([N+](=O)[O-])c1)N1CCC(N2CCC(C(=O)N3CCC(Cc4ccccc4)CC3)CC2)CC1. The molecule has 5 rings (SSSR count). The first-order valence-corrected chi connectivity index (χ1v) is 14.1. The van der Waals surface area contributed by atoms with E-state index in [1.807, 2.05) is 4.90 Å². The zero-order valence-electron chi connectivity index (χ0n) is 22.0. The predicted molar refractivity (Wildman–Crippen MR) is 146 cm³/mol. The number of nitro groups is 1. The van der Waals surface area contributed by atoms with Gasteiger partial charge >= 0.3 is 0 Å². The van der Waals surface area contributed by atoms with Crippen molar-refractivity contribution >= 4 is 17.5 Å². The molecule has 2 aromatic carbocycles. The molecule has 3 fully saturated rings. The Hall–Kier alpha value is -3.26. The number of hydrogen-bond donors (Lipinski definition) is 0. The van der Waals surface area contributed by atoms with Gasteiger partial charge in [0.2, 0.25) is 5.91 Å². The fourth-order valence-corrected chi connectivity index (χ4v) is 6.44. The number of piperidine rings is 3. The van der Waals surface area contributed by atoms with Gasteiger partial charge in [-0.05, 0) is 75.6 Å². The minimum absolute atomic E-state index is 0.0558. The maximum Gasteiger partial charge on any atom is 0.270 e. The monoisotopic (exact) mass is 518 g/mol. The van der Waals surface area contributed by atoms with E-state index in [-0.39, 0.29) is 17.5 Å². The Morgan fingerprint density at radius 2 is 1.45 bits per heavy atom. The van der Waals surface area contributed by atoms with Crippen molar-refractivity contribution in [2.75, 3.05) is 39.3 Å². The average Bonchev–Trinajstić information content (AvgIpc) is 2.97. The summed E-state index contributed by atoms with van der Waals surface area (Å²) in [6, 6.07) is 17.1. The first-order valence-electron chi connectivity index (χ1n) is 14.1. The number of carbonyl (C=O) groups excluding carboxylic acids is 2. The normalized spacial score (nSPS) is 20.4. The first-order chi connectivity index (χ1) is 18.5. The van der Waals surface area contributed by atoms with E-state index in [9.17, 15) is 19.7 Å². The quantitative estimate of drug-likeness (QED) is 0.418. The maximum atomic E-state index is 13.2. The molecule has 0 N–H and O–H groups in total. The van der Waals surface area contributed by atoms with Crippen molar-refractivity contribution in [3.8, 4) is 0 Å². The lowest BCUT2D eigenvalue weighted by Crippen LogP contribution is -2.51. The Morgan fingerprint density at radius 3 is 2.11 bits per heavy atom. The molecule has 2 amide bonds. The molecule has 3 aliphatic rings. The van der Waals surface area contributed by atoms with E-state index in [0.29, 0.717) is 36.5 Å². The Labute approximate surface area is 224 Å². The predicted octanol–water partition coefficient (Wildman–Crippen LogP) is 4.39. The molecular formula is C30H38N4O4. The van der Waals surface area contributed by atoms with E-state index in [4.69, 9.17) is 0 Å². The second-order valence-electron chi connectivity index (χ2n) is 11.1. The van der Waals surface area contributed by atoms with E-state index < -0.39 is 4.92 Å². The minimum atomic E-state index is -0.467. The van der Waals surface area contributed by atoms with Crippen molar-refractivity contribution in [2.24, 2.45) is 11.8 Å². The van der Waals surface area contributed by atoms with Gasteiger partial charge in [0.05, 0.1) is 4.92 Å². The van der Waals surface area contributed by atoms with Crippen LogP contribution in [0.2, 0.25) is 0 Å². The number of non-ortho nitro benzene ring substituents is 1. The van der Waals surface area contributed by atoms with Crippen molar-refractivity contribution in [1.29, 1.82) is 0 Å². The Kier molecular flexibility index (Phi) is 8.37. The number of likely N-dealkylation sites (tertiary alicyclic amines) is 3. The molecule has 0 spiro atoms. The van der Waals surface area contributed by atoms with Gasteiger partial charge in [0.25, 0.3) is 11.6 Å². The second-order valence-corrected chi connectivity index (χ2v) is 11.1. The van der Waals surface area contributed by atoms with Gasteiger partial charge in [-0.1, -0.05) is 36.4 Å². The zero-order valence-corrected chi connectivity index (χ0v) is 22.0.